The zero-order valence-corrected chi connectivity index (χ0v) is 9.10. The van der Waals surface area contributed by atoms with Gasteiger partial charge >= 0.3 is 0 Å². The van der Waals surface area contributed by atoms with Gasteiger partial charge in [-0.25, -0.2) is 4.98 Å². The van der Waals surface area contributed by atoms with Gasteiger partial charge in [-0.3, -0.25) is 0 Å². The van der Waals surface area contributed by atoms with Gasteiger partial charge in [-0.05, 0) is 25.0 Å². The molecule has 0 amide bonds. The number of hydrogen-bond acceptors (Lipinski definition) is 3. The lowest BCUT2D eigenvalue weighted by molar-refractivity contribution is 0.0835. The zero-order valence-electron chi connectivity index (χ0n) is 9.10. The van der Waals surface area contributed by atoms with Crippen LogP contribution >= 0.6 is 0 Å². The average molecular weight is 217 g/mol. The number of rotatable bonds is 1. The van der Waals surface area contributed by atoms with Crippen molar-refractivity contribution < 1.29 is 4.74 Å². The van der Waals surface area contributed by atoms with Gasteiger partial charge < -0.3 is 14.9 Å². The maximum atomic E-state index is 5.81. The maximum Gasteiger partial charge on any atom is 0.116 e. The highest BCUT2D eigenvalue weighted by molar-refractivity contribution is 5.52. The number of nitrogens with zero attached hydrogens (tertiary/aromatic N) is 2. The third-order valence-corrected chi connectivity index (χ3v) is 3.17. The summed E-state index contributed by atoms with van der Waals surface area (Å²) in [6.07, 6.45) is 5.96. The third kappa shape index (κ3) is 1.55. The van der Waals surface area contributed by atoms with Gasteiger partial charge in [0, 0.05) is 31.0 Å². The lowest BCUT2D eigenvalue weighted by Crippen LogP contribution is -2.16. The molecule has 4 nitrogen and oxygen atoms in total. The molecule has 0 bridgehead atoms. The monoisotopic (exact) mass is 217 g/mol. The molecule has 84 valence electrons. The molecule has 3 heterocycles. The van der Waals surface area contributed by atoms with Crippen LogP contribution in [-0.4, -0.2) is 22.6 Å². The van der Waals surface area contributed by atoms with Crippen molar-refractivity contribution in [3.05, 3.63) is 30.4 Å². The Morgan fingerprint density at radius 3 is 2.94 bits per heavy atom. The van der Waals surface area contributed by atoms with Crippen LogP contribution in [0.25, 0.3) is 5.52 Å². The molecular formula is C12H15N3O. The fraction of sp³-hybridized carbons (Fsp3) is 0.417. The molecule has 1 aliphatic heterocycles. The molecule has 0 atom stereocenters. The van der Waals surface area contributed by atoms with E-state index >= 15 is 0 Å². The fourth-order valence-corrected chi connectivity index (χ4v) is 2.28. The minimum Gasteiger partial charge on any atom is -0.398 e. The SMILES string of the molecule is Nc1ccc2cnc(C3CCOCC3)n2c1. The fourth-order valence-electron chi connectivity index (χ4n) is 2.28. The number of nitrogen functional groups attached to an aromatic ring is 1. The highest BCUT2D eigenvalue weighted by Crippen LogP contribution is 2.26. The second-order valence-corrected chi connectivity index (χ2v) is 4.26. The molecule has 0 radical (unpaired) electrons. The Bertz CT molecular complexity index is 500. The van der Waals surface area contributed by atoms with Crippen LogP contribution in [0.4, 0.5) is 5.69 Å². The van der Waals surface area contributed by atoms with Gasteiger partial charge in [0.05, 0.1) is 11.7 Å². The molecule has 0 saturated carbocycles. The number of hydrogen-bond donors (Lipinski definition) is 1. The lowest BCUT2D eigenvalue weighted by atomic mass is 10.00. The van der Waals surface area contributed by atoms with Crippen molar-refractivity contribution in [2.24, 2.45) is 0 Å². The number of ether oxygens (including phenoxy) is 1. The minimum atomic E-state index is 0.498. The number of pyridine rings is 1. The van der Waals surface area contributed by atoms with Gasteiger partial charge in [-0.1, -0.05) is 0 Å². The van der Waals surface area contributed by atoms with E-state index in [1.54, 1.807) is 0 Å². The Hall–Kier alpha value is -1.55. The summed E-state index contributed by atoms with van der Waals surface area (Å²) in [6.45, 7) is 1.67. The van der Waals surface area contributed by atoms with Crippen molar-refractivity contribution >= 4 is 11.2 Å². The lowest BCUT2D eigenvalue weighted by Gasteiger charge is -2.21. The van der Waals surface area contributed by atoms with Crippen LogP contribution in [0, 0.1) is 0 Å². The molecule has 0 aliphatic carbocycles. The van der Waals surface area contributed by atoms with Crippen molar-refractivity contribution in [1.29, 1.82) is 0 Å². The molecule has 2 aromatic rings. The summed E-state index contributed by atoms with van der Waals surface area (Å²) in [6, 6.07) is 3.91. The van der Waals surface area contributed by atoms with Crippen LogP contribution < -0.4 is 5.73 Å². The van der Waals surface area contributed by atoms with Crippen molar-refractivity contribution in [3.8, 4) is 0 Å². The standard InChI is InChI=1S/C12H15N3O/c13-10-1-2-11-7-14-12(15(11)8-10)9-3-5-16-6-4-9/h1-2,7-9H,3-6,13H2. The quantitative estimate of drug-likeness (QED) is 0.792. The normalized spacial score (nSPS) is 18.0. The van der Waals surface area contributed by atoms with Crippen LogP contribution in [-0.2, 0) is 4.74 Å². The molecule has 0 aromatic carbocycles. The van der Waals surface area contributed by atoms with Crippen LogP contribution in [0.5, 0.6) is 0 Å². The van der Waals surface area contributed by atoms with E-state index in [0.717, 1.165) is 43.1 Å². The summed E-state index contributed by atoms with van der Waals surface area (Å²) in [4.78, 5) is 4.51. The predicted octanol–water partition coefficient (Wildman–Crippen LogP) is 1.81. The Morgan fingerprint density at radius 2 is 2.12 bits per heavy atom. The van der Waals surface area contributed by atoms with E-state index in [1.807, 2.05) is 24.5 Å². The van der Waals surface area contributed by atoms with Crippen molar-refractivity contribution in [2.75, 3.05) is 18.9 Å². The molecular weight excluding hydrogens is 202 g/mol. The molecule has 3 rings (SSSR count). The first kappa shape index (κ1) is 9.66. The minimum absolute atomic E-state index is 0.498. The number of aromatic nitrogens is 2. The van der Waals surface area contributed by atoms with Gasteiger partial charge in [0.25, 0.3) is 0 Å². The van der Waals surface area contributed by atoms with Gasteiger partial charge in [0.1, 0.15) is 5.82 Å². The molecule has 16 heavy (non-hydrogen) atoms. The zero-order chi connectivity index (χ0) is 11.0. The number of fused-ring (bicyclic) bond motifs is 1. The summed E-state index contributed by atoms with van der Waals surface area (Å²) in [5.74, 6) is 1.61. The molecule has 1 fully saturated rings. The van der Waals surface area contributed by atoms with E-state index in [9.17, 15) is 0 Å². The molecule has 1 saturated heterocycles. The van der Waals surface area contributed by atoms with Crippen LogP contribution in [0.15, 0.2) is 24.5 Å². The molecule has 2 aromatic heterocycles. The van der Waals surface area contributed by atoms with E-state index in [2.05, 4.69) is 9.38 Å². The first-order valence-corrected chi connectivity index (χ1v) is 5.65. The number of imidazole rings is 1. The van der Waals surface area contributed by atoms with Gasteiger partial charge in [-0.2, -0.15) is 0 Å². The largest absolute Gasteiger partial charge is 0.398 e. The third-order valence-electron chi connectivity index (χ3n) is 3.17. The second kappa shape index (κ2) is 3.79. The van der Waals surface area contributed by atoms with Gasteiger partial charge in [-0.15, -0.1) is 0 Å². The van der Waals surface area contributed by atoms with Gasteiger partial charge in [0.15, 0.2) is 0 Å². The molecule has 4 heteroatoms. The van der Waals surface area contributed by atoms with E-state index in [0.29, 0.717) is 5.92 Å². The van der Waals surface area contributed by atoms with Crippen LogP contribution in [0.3, 0.4) is 0 Å². The second-order valence-electron chi connectivity index (χ2n) is 4.26. The highest BCUT2D eigenvalue weighted by Gasteiger charge is 2.20. The maximum absolute atomic E-state index is 5.81. The smallest absolute Gasteiger partial charge is 0.116 e. The summed E-state index contributed by atoms with van der Waals surface area (Å²) in [5.41, 5.74) is 7.69. The molecule has 0 spiro atoms. The van der Waals surface area contributed by atoms with E-state index in [1.165, 1.54) is 0 Å². The summed E-state index contributed by atoms with van der Waals surface area (Å²) >= 11 is 0. The summed E-state index contributed by atoms with van der Waals surface area (Å²) in [7, 11) is 0. The number of anilines is 1. The van der Waals surface area contributed by atoms with Crippen molar-refractivity contribution in [1.82, 2.24) is 9.38 Å². The van der Waals surface area contributed by atoms with E-state index < -0.39 is 0 Å². The Labute approximate surface area is 94.0 Å². The molecule has 0 unspecified atom stereocenters. The van der Waals surface area contributed by atoms with Crippen LogP contribution in [0.1, 0.15) is 24.6 Å². The van der Waals surface area contributed by atoms with E-state index in [-0.39, 0.29) is 0 Å². The summed E-state index contributed by atoms with van der Waals surface area (Å²) < 4.78 is 7.47. The topological polar surface area (TPSA) is 52.5 Å². The Balaban J connectivity index is 2.05. The first-order valence-electron chi connectivity index (χ1n) is 5.65. The highest BCUT2D eigenvalue weighted by atomic mass is 16.5. The average Bonchev–Trinajstić information content (AvgIpc) is 2.73. The number of nitrogens with two attached hydrogens (primary N) is 1. The van der Waals surface area contributed by atoms with Crippen molar-refractivity contribution in [2.45, 2.75) is 18.8 Å². The predicted molar refractivity (Wildman–Crippen MR) is 62.4 cm³/mol. The van der Waals surface area contributed by atoms with Crippen LogP contribution in [0.2, 0.25) is 0 Å². The molecule has 1 aliphatic rings. The van der Waals surface area contributed by atoms with Crippen molar-refractivity contribution in [3.63, 3.8) is 0 Å². The first-order chi connectivity index (χ1) is 7.84. The van der Waals surface area contributed by atoms with Gasteiger partial charge in [0.2, 0.25) is 0 Å². The Morgan fingerprint density at radius 1 is 1.31 bits per heavy atom. The summed E-state index contributed by atoms with van der Waals surface area (Å²) in [5, 5.41) is 0. The Kier molecular flexibility index (Phi) is 2.29. The molecule has 2 N–H and O–H groups in total. The van der Waals surface area contributed by atoms with E-state index in [4.69, 9.17) is 10.5 Å².